The zero-order chi connectivity index (χ0) is 13.8. The highest BCUT2D eigenvalue weighted by atomic mass is 32.1. The molecule has 0 saturated carbocycles. The molecule has 0 atom stereocenters. The van der Waals surface area contributed by atoms with Crippen LogP contribution in [-0.2, 0) is 17.8 Å². The fraction of sp³-hybridized carbons (Fsp3) is 0.231. The van der Waals surface area contributed by atoms with E-state index in [4.69, 9.17) is 17.0 Å². The maximum absolute atomic E-state index is 13.1. The summed E-state index contributed by atoms with van der Waals surface area (Å²) in [6, 6.07) is 5.06. The second kappa shape index (κ2) is 5.99. The third-order valence-electron chi connectivity index (χ3n) is 2.44. The van der Waals surface area contributed by atoms with Crippen molar-refractivity contribution in [2.45, 2.75) is 13.0 Å². The number of aromatic amines is 1. The highest BCUT2D eigenvalue weighted by Crippen LogP contribution is 2.11. The highest BCUT2D eigenvalue weighted by Gasteiger charge is 2.05. The van der Waals surface area contributed by atoms with Crippen molar-refractivity contribution in [2.24, 2.45) is 0 Å². The van der Waals surface area contributed by atoms with Crippen LogP contribution in [0.2, 0.25) is 0 Å². The van der Waals surface area contributed by atoms with Gasteiger partial charge in [0.15, 0.2) is 0 Å². The number of ether oxygens (including phenoxy) is 1. The van der Waals surface area contributed by atoms with Gasteiger partial charge in [0.2, 0.25) is 0 Å². The number of hydrogen-bond acceptors (Lipinski definition) is 3. The molecule has 0 fully saturated rings. The number of aromatic nitrogens is 2. The zero-order valence-electron chi connectivity index (χ0n) is 10.2. The Kier molecular flexibility index (Phi) is 4.34. The van der Waals surface area contributed by atoms with Gasteiger partial charge in [0.25, 0.3) is 0 Å². The summed E-state index contributed by atoms with van der Waals surface area (Å²) >= 11 is 5.03. The Hall–Kier alpha value is -1.66. The van der Waals surface area contributed by atoms with Crippen LogP contribution in [0.5, 0.6) is 0 Å². The third kappa shape index (κ3) is 3.90. The number of rotatable bonds is 4. The van der Waals surface area contributed by atoms with E-state index in [1.807, 2.05) is 0 Å². The van der Waals surface area contributed by atoms with Crippen molar-refractivity contribution >= 4 is 12.2 Å². The van der Waals surface area contributed by atoms with Crippen molar-refractivity contribution in [1.29, 1.82) is 0 Å². The number of hydrogen-bond donors (Lipinski definition) is 1. The molecule has 0 amide bonds. The van der Waals surface area contributed by atoms with Crippen LogP contribution in [0.25, 0.3) is 0 Å². The SMILES string of the molecule is COCc1cc(=S)nc(Cc2cc(F)cc(F)c2)[nH]1. The molecule has 2 aromatic rings. The summed E-state index contributed by atoms with van der Waals surface area (Å²) in [6.45, 7) is 0.372. The Morgan fingerprint density at radius 2 is 1.89 bits per heavy atom. The number of methoxy groups -OCH3 is 1. The molecule has 6 heteroatoms. The van der Waals surface area contributed by atoms with E-state index in [0.29, 0.717) is 22.6 Å². The number of benzene rings is 1. The van der Waals surface area contributed by atoms with Gasteiger partial charge in [-0.3, -0.25) is 0 Å². The van der Waals surface area contributed by atoms with Gasteiger partial charge in [0, 0.05) is 25.3 Å². The minimum Gasteiger partial charge on any atom is -0.378 e. The lowest BCUT2D eigenvalue weighted by atomic mass is 10.1. The van der Waals surface area contributed by atoms with E-state index in [0.717, 1.165) is 11.8 Å². The van der Waals surface area contributed by atoms with E-state index < -0.39 is 11.6 Å². The van der Waals surface area contributed by atoms with Gasteiger partial charge in [0.05, 0.1) is 6.61 Å². The molecule has 0 aliphatic rings. The summed E-state index contributed by atoms with van der Waals surface area (Å²) in [5.74, 6) is -0.673. The average molecular weight is 282 g/mol. The van der Waals surface area contributed by atoms with Crippen LogP contribution in [-0.4, -0.2) is 17.1 Å². The molecule has 1 aromatic carbocycles. The van der Waals surface area contributed by atoms with Crippen molar-refractivity contribution in [2.75, 3.05) is 7.11 Å². The lowest BCUT2D eigenvalue weighted by Gasteiger charge is -2.06. The Bertz CT molecular complexity index is 623. The van der Waals surface area contributed by atoms with E-state index in [1.54, 1.807) is 13.2 Å². The minimum absolute atomic E-state index is 0.274. The van der Waals surface area contributed by atoms with Crippen molar-refractivity contribution in [3.05, 3.63) is 57.6 Å². The quantitative estimate of drug-likeness (QED) is 0.875. The number of nitrogens with zero attached hydrogens (tertiary/aromatic N) is 1. The summed E-state index contributed by atoms with van der Waals surface area (Å²) < 4.78 is 31.6. The Morgan fingerprint density at radius 3 is 2.53 bits per heavy atom. The van der Waals surface area contributed by atoms with Crippen LogP contribution >= 0.6 is 12.2 Å². The molecule has 0 aliphatic heterocycles. The lowest BCUT2D eigenvalue weighted by molar-refractivity contribution is 0.181. The number of halogens is 2. The molecule has 100 valence electrons. The smallest absolute Gasteiger partial charge is 0.130 e. The van der Waals surface area contributed by atoms with Gasteiger partial charge in [-0.2, -0.15) is 0 Å². The Balaban J connectivity index is 2.29. The minimum atomic E-state index is -0.610. The first-order valence-corrected chi connectivity index (χ1v) is 6.00. The van der Waals surface area contributed by atoms with Gasteiger partial charge < -0.3 is 9.72 Å². The molecule has 3 nitrogen and oxygen atoms in total. The van der Waals surface area contributed by atoms with Crippen LogP contribution < -0.4 is 0 Å². The fourth-order valence-electron chi connectivity index (χ4n) is 1.79. The molecule has 1 heterocycles. The molecule has 0 bridgehead atoms. The molecule has 0 saturated heterocycles. The first kappa shape index (κ1) is 13.8. The summed E-state index contributed by atoms with van der Waals surface area (Å²) in [4.78, 5) is 7.16. The standard InChI is InChI=1S/C13H12F2N2OS/c1-18-7-11-6-13(19)17-12(16-11)4-8-2-9(14)5-10(15)3-8/h2-3,5-6H,4,7H2,1H3,(H,16,17,19). The van der Waals surface area contributed by atoms with Gasteiger partial charge in [-0.15, -0.1) is 0 Å². The van der Waals surface area contributed by atoms with Gasteiger partial charge in [-0.25, -0.2) is 13.8 Å². The van der Waals surface area contributed by atoms with Gasteiger partial charge in [-0.1, -0.05) is 12.2 Å². The first-order valence-electron chi connectivity index (χ1n) is 5.60. The van der Waals surface area contributed by atoms with E-state index in [1.165, 1.54) is 12.1 Å². The van der Waals surface area contributed by atoms with Crippen molar-refractivity contribution in [1.82, 2.24) is 9.97 Å². The van der Waals surface area contributed by atoms with Crippen LogP contribution in [0.3, 0.4) is 0 Å². The molecule has 0 radical (unpaired) electrons. The van der Waals surface area contributed by atoms with Gasteiger partial charge >= 0.3 is 0 Å². The summed E-state index contributed by atoms with van der Waals surface area (Å²) in [7, 11) is 1.57. The number of nitrogens with one attached hydrogen (secondary N) is 1. The van der Waals surface area contributed by atoms with Crippen LogP contribution in [0.4, 0.5) is 8.78 Å². The Labute approximate surface area is 114 Å². The summed E-state index contributed by atoms with van der Waals surface area (Å²) in [5.41, 5.74) is 1.26. The van der Waals surface area contributed by atoms with E-state index in [2.05, 4.69) is 9.97 Å². The van der Waals surface area contributed by atoms with Crippen molar-refractivity contribution in [3.8, 4) is 0 Å². The maximum atomic E-state index is 13.1. The third-order valence-corrected chi connectivity index (χ3v) is 2.65. The largest absolute Gasteiger partial charge is 0.378 e. The Morgan fingerprint density at radius 1 is 1.21 bits per heavy atom. The first-order chi connectivity index (χ1) is 9.06. The van der Waals surface area contributed by atoms with Gasteiger partial charge in [-0.05, 0) is 23.8 Å². The topological polar surface area (TPSA) is 37.9 Å². The average Bonchev–Trinajstić information content (AvgIpc) is 2.26. The molecule has 1 aromatic heterocycles. The highest BCUT2D eigenvalue weighted by molar-refractivity contribution is 7.71. The van der Waals surface area contributed by atoms with Crippen molar-refractivity contribution in [3.63, 3.8) is 0 Å². The molecule has 2 rings (SSSR count). The fourth-order valence-corrected chi connectivity index (χ4v) is 2.04. The molecule has 1 N–H and O–H groups in total. The molecule has 0 spiro atoms. The summed E-state index contributed by atoms with van der Waals surface area (Å²) in [6.07, 6.45) is 0.274. The lowest BCUT2D eigenvalue weighted by Crippen LogP contribution is -2.02. The zero-order valence-corrected chi connectivity index (χ0v) is 11.1. The second-order valence-electron chi connectivity index (χ2n) is 4.08. The molecular weight excluding hydrogens is 270 g/mol. The van der Waals surface area contributed by atoms with Gasteiger partial charge in [0.1, 0.15) is 22.1 Å². The van der Waals surface area contributed by atoms with Crippen LogP contribution in [0.1, 0.15) is 17.1 Å². The maximum Gasteiger partial charge on any atom is 0.130 e. The van der Waals surface area contributed by atoms with E-state index in [9.17, 15) is 8.78 Å². The van der Waals surface area contributed by atoms with Crippen molar-refractivity contribution < 1.29 is 13.5 Å². The van der Waals surface area contributed by atoms with Crippen LogP contribution in [0.15, 0.2) is 24.3 Å². The predicted octanol–water partition coefficient (Wildman–Crippen LogP) is 3.15. The molecule has 0 aliphatic carbocycles. The normalized spacial score (nSPS) is 10.7. The van der Waals surface area contributed by atoms with Crippen LogP contribution in [0, 0.1) is 16.3 Å². The predicted molar refractivity (Wildman–Crippen MR) is 69.3 cm³/mol. The summed E-state index contributed by atoms with van der Waals surface area (Å²) in [5, 5.41) is 0. The second-order valence-corrected chi connectivity index (χ2v) is 4.50. The van der Waals surface area contributed by atoms with E-state index >= 15 is 0 Å². The molecular formula is C13H12F2N2OS. The molecule has 19 heavy (non-hydrogen) atoms. The number of H-pyrrole nitrogens is 1. The monoisotopic (exact) mass is 282 g/mol. The van der Waals surface area contributed by atoms with E-state index in [-0.39, 0.29) is 6.42 Å². The molecule has 0 unspecified atom stereocenters.